The van der Waals surface area contributed by atoms with Crippen molar-refractivity contribution < 1.29 is 0 Å². The largest absolute Gasteiger partial charge is 0.326 e. The van der Waals surface area contributed by atoms with Crippen molar-refractivity contribution in [3.63, 3.8) is 0 Å². The highest BCUT2D eigenvalue weighted by molar-refractivity contribution is 5.35. The molecule has 1 aromatic heterocycles. The normalized spacial score (nSPS) is 10.2. The van der Waals surface area contributed by atoms with E-state index in [0.29, 0.717) is 6.54 Å². The van der Waals surface area contributed by atoms with Crippen LogP contribution in [0.2, 0.25) is 0 Å². The zero-order chi connectivity index (χ0) is 9.10. The van der Waals surface area contributed by atoms with Gasteiger partial charge in [0.1, 0.15) is 0 Å². The second kappa shape index (κ2) is 3.46. The Kier molecular flexibility index (Phi) is 2.15. The highest BCUT2D eigenvalue weighted by Crippen LogP contribution is 2.09. The van der Waals surface area contributed by atoms with Gasteiger partial charge in [-0.3, -0.25) is 0 Å². The number of hydrogen-bond donors (Lipinski definition) is 1. The summed E-state index contributed by atoms with van der Waals surface area (Å²) in [6, 6.07) is 12.3. The zero-order valence-corrected chi connectivity index (χ0v) is 7.35. The third-order valence-electron chi connectivity index (χ3n) is 2.07. The van der Waals surface area contributed by atoms with E-state index in [-0.39, 0.29) is 0 Å². The molecule has 0 fully saturated rings. The van der Waals surface area contributed by atoms with Gasteiger partial charge in [-0.15, -0.1) is 0 Å². The molecular formula is C11H12N2. The van der Waals surface area contributed by atoms with Crippen LogP contribution in [-0.2, 0) is 6.54 Å². The fraction of sp³-hybridized carbons (Fsp3) is 0.0909. The summed E-state index contributed by atoms with van der Waals surface area (Å²) in [7, 11) is 0. The summed E-state index contributed by atoms with van der Waals surface area (Å²) in [5, 5.41) is 0. The standard InChI is InChI=1S/C11H12N2/c12-9-10-3-5-11(6-4-10)13-7-1-2-8-13/h1-8H,9,12H2. The average Bonchev–Trinajstić information content (AvgIpc) is 2.71. The Morgan fingerprint density at radius 1 is 1.00 bits per heavy atom. The molecule has 2 nitrogen and oxygen atoms in total. The molecule has 0 aliphatic carbocycles. The Morgan fingerprint density at radius 2 is 1.62 bits per heavy atom. The number of nitrogens with two attached hydrogens (primary N) is 1. The number of hydrogen-bond acceptors (Lipinski definition) is 1. The Balaban J connectivity index is 2.33. The third-order valence-corrected chi connectivity index (χ3v) is 2.07. The van der Waals surface area contributed by atoms with Crippen molar-refractivity contribution in [2.45, 2.75) is 6.54 Å². The van der Waals surface area contributed by atoms with Gasteiger partial charge >= 0.3 is 0 Å². The van der Waals surface area contributed by atoms with Crippen molar-refractivity contribution in [1.82, 2.24) is 4.57 Å². The number of rotatable bonds is 2. The predicted molar refractivity (Wildman–Crippen MR) is 53.7 cm³/mol. The van der Waals surface area contributed by atoms with E-state index in [1.807, 2.05) is 24.5 Å². The summed E-state index contributed by atoms with van der Waals surface area (Å²) in [5.41, 5.74) is 7.84. The van der Waals surface area contributed by atoms with Gasteiger partial charge in [0.05, 0.1) is 0 Å². The van der Waals surface area contributed by atoms with Gasteiger partial charge in [0.2, 0.25) is 0 Å². The number of nitrogens with zero attached hydrogens (tertiary/aromatic N) is 1. The second-order valence-electron chi connectivity index (χ2n) is 2.96. The lowest BCUT2D eigenvalue weighted by atomic mass is 10.2. The summed E-state index contributed by atoms with van der Waals surface area (Å²) in [5.74, 6) is 0. The molecule has 2 aromatic rings. The molecule has 0 aliphatic heterocycles. The van der Waals surface area contributed by atoms with Gasteiger partial charge in [-0.1, -0.05) is 12.1 Å². The molecule has 66 valence electrons. The van der Waals surface area contributed by atoms with Crippen LogP contribution in [0, 0.1) is 0 Å². The molecule has 2 heteroatoms. The molecule has 13 heavy (non-hydrogen) atoms. The summed E-state index contributed by atoms with van der Waals surface area (Å²) in [6.45, 7) is 0.603. The Morgan fingerprint density at radius 3 is 2.15 bits per heavy atom. The van der Waals surface area contributed by atoms with E-state index in [2.05, 4.69) is 28.8 Å². The third kappa shape index (κ3) is 1.63. The van der Waals surface area contributed by atoms with Crippen LogP contribution < -0.4 is 5.73 Å². The van der Waals surface area contributed by atoms with Crippen LogP contribution in [0.1, 0.15) is 5.56 Å². The van der Waals surface area contributed by atoms with E-state index in [1.54, 1.807) is 0 Å². The minimum absolute atomic E-state index is 0.603. The Labute approximate surface area is 77.6 Å². The zero-order valence-electron chi connectivity index (χ0n) is 7.35. The summed E-state index contributed by atoms with van der Waals surface area (Å²) >= 11 is 0. The Hall–Kier alpha value is -1.54. The molecule has 0 atom stereocenters. The lowest BCUT2D eigenvalue weighted by Gasteiger charge is -2.03. The van der Waals surface area contributed by atoms with E-state index in [4.69, 9.17) is 5.73 Å². The summed E-state index contributed by atoms with van der Waals surface area (Å²) < 4.78 is 2.07. The first-order chi connectivity index (χ1) is 6.40. The summed E-state index contributed by atoms with van der Waals surface area (Å²) in [4.78, 5) is 0. The van der Waals surface area contributed by atoms with E-state index < -0.39 is 0 Å². The fourth-order valence-corrected chi connectivity index (χ4v) is 1.31. The topological polar surface area (TPSA) is 30.9 Å². The van der Waals surface area contributed by atoms with Gasteiger partial charge in [-0.2, -0.15) is 0 Å². The minimum Gasteiger partial charge on any atom is -0.326 e. The van der Waals surface area contributed by atoms with Crippen molar-refractivity contribution in [2.24, 2.45) is 5.73 Å². The van der Waals surface area contributed by atoms with Crippen molar-refractivity contribution in [3.8, 4) is 5.69 Å². The first-order valence-corrected chi connectivity index (χ1v) is 4.32. The molecule has 0 unspecified atom stereocenters. The van der Waals surface area contributed by atoms with Gasteiger partial charge in [0.15, 0.2) is 0 Å². The van der Waals surface area contributed by atoms with Crippen molar-refractivity contribution >= 4 is 0 Å². The van der Waals surface area contributed by atoms with Crippen LogP contribution >= 0.6 is 0 Å². The maximum absolute atomic E-state index is 5.51. The number of benzene rings is 1. The van der Waals surface area contributed by atoms with Gasteiger partial charge in [-0.05, 0) is 29.8 Å². The predicted octanol–water partition coefficient (Wildman–Crippen LogP) is 1.94. The van der Waals surface area contributed by atoms with E-state index in [0.717, 1.165) is 5.56 Å². The van der Waals surface area contributed by atoms with Crippen LogP contribution in [0.25, 0.3) is 5.69 Å². The SMILES string of the molecule is NCc1ccc(-n2cccc2)cc1. The minimum atomic E-state index is 0.603. The van der Waals surface area contributed by atoms with Gasteiger partial charge in [0, 0.05) is 24.6 Å². The van der Waals surface area contributed by atoms with Crippen LogP contribution in [-0.4, -0.2) is 4.57 Å². The van der Waals surface area contributed by atoms with Crippen LogP contribution in [0.4, 0.5) is 0 Å². The van der Waals surface area contributed by atoms with E-state index >= 15 is 0 Å². The van der Waals surface area contributed by atoms with Crippen LogP contribution in [0.5, 0.6) is 0 Å². The van der Waals surface area contributed by atoms with Gasteiger partial charge in [-0.25, -0.2) is 0 Å². The molecule has 1 aromatic carbocycles. The van der Waals surface area contributed by atoms with Crippen molar-refractivity contribution in [1.29, 1.82) is 0 Å². The molecule has 0 bridgehead atoms. The van der Waals surface area contributed by atoms with Gasteiger partial charge < -0.3 is 10.3 Å². The molecule has 1 heterocycles. The molecule has 2 N–H and O–H groups in total. The molecule has 0 amide bonds. The van der Waals surface area contributed by atoms with Crippen LogP contribution in [0.3, 0.4) is 0 Å². The molecule has 0 saturated carbocycles. The molecule has 0 aliphatic rings. The highest BCUT2D eigenvalue weighted by atomic mass is 14.9. The quantitative estimate of drug-likeness (QED) is 0.737. The monoisotopic (exact) mass is 172 g/mol. The average molecular weight is 172 g/mol. The lowest BCUT2D eigenvalue weighted by Crippen LogP contribution is -1.96. The van der Waals surface area contributed by atoms with Crippen LogP contribution in [0.15, 0.2) is 48.8 Å². The second-order valence-corrected chi connectivity index (χ2v) is 2.96. The van der Waals surface area contributed by atoms with E-state index in [9.17, 15) is 0 Å². The molecule has 2 rings (SSSR count). The van der Waals surface area contributed by atoms with Gasteiger partial charge in [0.25, 0.3) is 0 Å². The van der Waals surface area contributed by atoms with E-state index in [1.165, 1.54) is 5.69 Å². The first-order valence-electron chi connectivity index (χ1n) is 4.32. The summed E-state index contributed by atoms with van der Waals surface area (Å²) in [6.07, 6.45) is 4.05. The maximum Gasteiger partial charge on any atom is 0.0449 e. The smallest absolute Gasteiger partial charge is 0.0449 e. The van der Waals surface area contributed by atoms with Crippen molar-refractivity contribution in [2.75, 3.05) is 0 Å². The lowest BCUT2D eigenvalue weighted by molar-refractivity contribution is 1.05. The molecule has 0 radical (unpaired) electrons. The molecule has 0 spiro atoms. The highest BCUT2D eigenvalue weighted by Gasteiger charge is 1.93. The number of aromatic nitrogens is 1. The molecule has 0 saturated heterocycles. The molecular weight excluding hydrogens is 160 g/mol. The Bertz CT molecular complexity index is 359. The maximum atomic E-state index is 5.51. The first kappa shape index (κ1) is 8.08. The van der Waals surface area contributed by atoms with Crippen molar-refractivity contribution in [3.05, 3.63) is 54.4 Å². The fourth-order valence-electron chi connectivity index (χ4n) is 1.31.